The molecule has 0 aromatic rings. The van der Waals surface area contributed by atoms with E-state index in [4.69, 9.17) is 5.73 Å². The lowest BCUT2D eigenvalue weighted by Crippen LogP contribution is -2.50. The molecule has 0 bridgehead atoms. The van der Waals surface area contributed by atoms with E-state index in [1.165, 1.54) is 0 Å². The normalized spacial score (nSPS) is 11.5. The number of unbranched alkanes of at least 4 members (excludes halogenated alkanes) is 2. The highest BCUT2D eigenvalue weighted by Gasteiger charge is 2.26. The Labute approximate surface area is 98.6 Å². The molecule has 0 aliphatic rings. The van der Waals surface area contributed by atoms with Crippen molar-refractivity contribution in [1.29, 1.82) is 0 Å². The van der Waals surface area contributed by atoms with Crippen molar-refractivity contribution in [2.24, 2.45) is 5.73 Å². The molecule has 0 radical (unpaired) electrons. The van der Waals surface area contributed by atoms with Gasteiger partial charge in [0.2, 0.25) is 5.91 Å². The van der Waals surface area contributed by atoms with E-state index in [9.17, 15) is 9.90 Å². The van der Waals surface area contributed by atoms with Gasteiger partial charge in [0.1, 0.15) is 0 Å². The van der Waals surface area contributed by atoms with Crippen molar-refractivity contribution in [2.75, 3.05) is 13.2 Å². The second kappa shape index (κ2) is 8.53. The Morgan fingerprint density at radius 2 is 1.88 bits per heavy atom. The topological polar surface area (TPSA) is 75.3 Å². The number of hydrogen-bond acceptors (Lipinski definition) is 3. The van der Waals surface area contributed by atoms with E-state index < -0.39 is 5.54 Å². The van der Waals surface area contributed by atoms with E-state index in [-0.39, 0.29) is 12.5 Å². The van der Waals surface area contributed by atoms with Gasteiger partial charge in [-0.15, -0.1) is 0 Å². The SMILES string of the molecule is CCC(CC)(CO)NC(=O)CCCCCN. The number of amides is 1. The summed E-state index contributed by atoms with van der Waals surface area (Å²) in [5, 5.41) is 12.2. The van der Waals surface area contributed by atoms with E-state index in [1.807, 2.05) is 13.8 Å². The molecule has 0 saturated carbocycles. The van der Waals surface area contributed by atoms with Gasteiger partial charge in [-0.1, -0.05) is 20.3 Å². The minimum Gasteiger partial charge on any atom is -0.394 e. The zero-order valence-corrected chi connectivity index (χ0v) is 10.6. The molecular formula is C12H26N2O2. The van der Waals surface area contributed by atoms with Crippen LogP contribution in [0.15, 0.2) is 0 Å². The smallest absolute Gasteiger partial charge is 0.220 e. The summed E-state index contributed by atoms with van der Waals surface area (Å²) in [6, 6.07) is 0. The third kappa shape index (κ3) is 5.47. The summed E-state index contributed by atoms with van der Waals surface area (Å²) in [7, 11) is 0. The van der Waals surface area contributed by atoms with Gasteiger partial charge >= 0.3 is 0 Å². The lowest BCUT2D eigenvalue weighted by Gasteiger charge is -2.30. The molecule has 4 heteroatoms. The Balaban J connectivity index is 3.91. The molecule has 0 aliphatic carbocycles. The zero-order valence-electron chi connectivity index (χ0n) is 10.6. The van der Waals surface area contributed by atoms with Crippen LogP contribution in [-0.2, 0) is 4.79 Å². The van der Waals surface area contributed by atoms with Crippen molar-refractivity contribution < 1.29 is 9.90 Å². The average Bonchev–Trinajstić information content (AvgIpc) is 2.32. The zero-order chi connectivity index (χ0) is 12.4. The van der Waals surface area contributed by atoms with Gasteiger partial charge in [0.15, 0.2) is 0 Å². The Morgan fingerprint density at radius 1 is 1.25 bits per heavy atom. The van der Waals surface area contributed by atoms with Crippen LogP contribution in [0.3, 0.4) is 0 Å². The van der Waals surface area contributed by atoms with Gasteiger partial charge in [-0.25, -0.2) is 0 Å². The molecule has 0 aliphatic heterocycles. The first-order valence-corrected chi connectivity index (χ1v) is 6.26. The van der Waals surface area contributed by atoms with Crippen LogP contribution in [0.1, 0.15) is 52.4 Å². The third-order valence-corrected chi connectivity index (χ3v) is 3.17. The number of aliphatic hydroxyl groups excluding tert-OH is 1. The van der Waals surface area contributed by atoms with Gasteiger partial charge in [0.25, 0.3) is 0 Å². The molecule has 0 atom stereocenters. The summed E-state index contributed by atoms with van der Waals surface area (Å²) in [6.45, 7) is 4.66. The summed E-state index contributed by atoms with van der Waals surface area (Å²) in [4.78, 5) is 11.6. The van der Waals surface area contributed by atoms with Crippen LogP contribution in [0, 0.1) is 0 Å². The molecule has 0 aromatic carbocycles. The van der Waals surface area contributed by atoms with Crippen molar-refractivity contribution in [2.45, 2.75) is 57.9 Å². The molecule has 0 unspecified atom stereocenters. The highest BCUT2D eigenvalue weighted by atomic mass is 16.3. The minimum absolute atomic E-state index is 0.00847. The van der Waals surface area contributed by atoms with Crippen molar-refractivity contribution >= 4 is 5.91 Å². The fourth-order valence-corrected chi connectivity index (χ4v) is 1.65. The lowest BCUT2D eigenvalue weighted by atomic mass is 9.93. The fourth-order valence-electron chi connectivity index (χ4n) is 1.65. The first-order valence-electron chi connectivity index (χ1n) is 6.26. The van der Waals surface area contributed by atoms with Gasteiger partial charge in [0.05, 0.1) is 12.1 Å². The van der Waals surface area contributed by atoms with Gasteiger partial charge in [0, 0.05) is 6.42 Å². The standard InChI is InChI=1S/C12H26N2O2/c1-3-12(4-2,10-15)14-11(16)8-6-5-7-9-13/h15H,3-10,13H2,1-2H3,(H,14,16). The van der Waals surface area contributed by atoms with Crippen LogP contribution < -0.4 is 11.1 Å². The molecule has 0 fully saturated rings. The molecule has 1 amide bonds. The van der Waals surface area contributed by atoms with Crippen LogP contribution in [0.4, 0.5) is 0 Å². The summed E-state index contributed by atoms with van der Waals surface area (Å²) in [5.41, 5.74) is 4.95. The summed E-state index contributed by atoms with van der Waals surface area (Å²) in [6.07, 6.45) is 4.89. The molecule has 0 heterocycles. The maximum atomic E-state index is 11.6. The first-order chi connectivity index (χ1) is 7.64. The molecule has 0 spiro atoms. The number of nitrogens with two attached hydrogens (primary N) is 1. The Hall–Kier alpha value is -0.610. The van der Waals surface area contributed by atoms with Crippen molar-refractivity contribution in [3.63, 3.8) is 0 Å². The Morgan fingerprint density at radius 3 is 2.31 bits per heavy atom. The van der Waals surface area contributed by atoms with Crippen LogP contribution in [0.25, 0.3) is 0 Å². The number of aliphatic hydroxyl groups is 1. The molecule has 96 valence electrons. The second-order valence-electron chi connectivity index (χ2n) is 4.29. The molecule has 0 rings (SSSR count). The van der Waals surface area contributed by atoms with Gasteiger partial charge < -0.3 is 16.2 Å². The van der Waals surface area contributed by atoms with Gasteiger partial charge in [-0.3, -0.25) is 4.79 Å². The van der Waals surface area contributed by atoms with E-state index in [1.54, 1.807) is 0 Å². The molecular weight excluding hydrogens is 204 g/mol. The van der Waals surface area contributed by atoms with Crippen LogP contribution in [0.5, 0.6) is 0 Å². The second-order valence-corrected chi connectivity index (χ2v) is 4.29. The fraction of sp³-hybridized carbons (Fsp3) is 0.917. The van der Waals surface area contributed by atoms with Gasteiger partial charge in [-0.05, 0) is 32.2 Å². The lowest BCUT2D eigenvalue weighted by molar-refractivity contribution is -0.123. The first kappa shape index (κ1) is 15.4. The number of carbonyl (C=O) groups excluding carboxylic acids is 1. The predicted octanol–water partition coefficient (Wildman–Crippen LogP) is 1.17. The number of nitrogens with one attached hydrogen (secondary N) is 1. The molecule has 4 N–H and O–H groups in total. The largest absolute Gasteiger partial charge is 0.394 e. The number of carbonyl (C=O) groups is 1. The average molecular weight is 230 g/mol. The Kier molecular flexibility index (Phi) is 8.21. The highest BCUT2D eigenvalue weighted by Crippen LogP contribution is 2.14. The third-order valence-electron chi connectivity index (χ3n) is 3.17. The van der Waals surface area contributed by atoms with Gasteiger partial charge in [-0.2, -0.15) is 0 Å². The molecule has 0 aromatic heterocycles. The quantitative estimate of drug-likeness (QED) is 0.520. The highest BCUT2D eigenvalue weighted by molar-refractivity contribution is 5.76. The predicted molar refractivity (Wildman–Crippen MR) is 66.1 cm³/mol. The van der Waals surface area contributed by atoms with Crippen molar-refractivity contribution in [3.05, 3.63) is 0 Å². The van der Waals surface area contributed by atoms with E-state index in [2.05, 4.69) is 5.32 Å². The van der Waals surface area contributed by atoms with Crippen LogP contribution >= 0.6 is 0 Å². The Bertz CT molecular complexity index is 183. The monoisotopic (exact) mass is 230 g/mol. The maximum Gasteiger partial charge on any atom is 0.220 e. The molecule has 16 heavy (non-hydrogen) atoms. The van der Waals surface area contributed by atoms with Crippen molar-refractivity contribution in [1.82, 2.24) is 5.32 Å². The van der Waals surface area contributed by atoms with E-state index >= 15 is 0 Å². The van der Waals surface area contributed by atoms with Crippen LogP contribution in [-0.4, -0.2) is 29.7 Å². The number of hydrogen-bond donors (Lipinski definition) is 3. The minimum atomic E-state index is -0.426. The van der Waals surface area contributed by atoms with E-state index in [0.29, 0.717) is 13.0 Å². The van der Waals surface area contributed by atoms with Crippen molar-refractivity contribution in [3.8, 4) is 0 Å². The maximum absolute atomic E-state index is 11.6. The summed E-state index contributed by atoms with van der Waals surface area (Å²) >= 11 is 0. The summed E-state index contributed by atoms with van der Waals surface area (Å²) in [5.74, 6) is 0.0368. The summed E-state index contributed by atoms with van der Waals surface area (Å²) < 4.78 is 0. The molecule has 4 nitrogen and oxygen atoms in total. The molecule has 0 saturated heterocycles. The van der Waals surface area contributed by atoms with Crippen LogP contribution in [0.2, 0.25) is 0 Å². The van der Waals surface area contributed by atoms with E-state index in [0.717, 1.165) is 32.1 Å². The number of rotatable bonds is 9.